The van der Waals surface area contributed by atoms with Gasteiger partial charge in [0, 0.05) is 5.97 Å². The molecule has 0 aliphatic carbocycles. The van der Waals surface area contributed by atoms with Crippen molar-refractivity contribution in [3.05, 3.63) is 72.8 Å². The van der Waals surface area contributed by atoms with Crippen LogP contribution in [-0.2, 0) is 4.79 Å². The van der Waals surface area contributed by atoms with Crippen molar-refractivity contribution in [2.24, 2.45) is 0 Å². The van der Waals surface area contributed by atoms with E-state index >= 15 is 0 Å². The first kappa shape index (κ1) is 17.5. The predicted octanol–water partition coefficient (Wildman–Crippen LogP) is 0.906. The SMILES string of the molecule is CC(=O)[O-].[Na+].c1ccc2cc3cc4ccccc4cc3cc2c1. The summed E-state index contributed by atoms with van der Waals surface area (Å²) in [6.45, 7) is 0.972. The number of fused-ring (bicyclic) bond motifs is 3. The van der Waals surface area contributed by atoms with E-state index in [0.717, 1.165) is 6.92 Å². The summed E-state index contributed by atoms with van der Waals surface area (Å²) < 4.78 is 0. The topological polar surface area (TPSA) is 40.1 Å². The Balaban J connectivity index is 0.000000349. The fraction of sp³-hybridized carbons (Fsp3) is 0.0500. The van der Waals surface area contributed by atoms with E-state index in [-0.39, 0.29) is 29.6 Å². The number of carbonyl (C=O) groups is 1. The molecule has 23 heavy (non-hydrogen) atoms. The van der Waals surface area contributed by atoms with Gasteiger partial charge in [-0.3, -0.25) is 0 Å². The fourth-order valence-corrected chi connectivity index (χ4v) is 2.63. The minimum absolute atomic E-state index is 0. The standard InChI is InChI=1S/C18H12.C2H4O2.Na/c1-2-6-14-10-18-12-16-8-4-3-7-15(16)11-17(18)9-13(14)5-1;1-2(3)4;/h1-12H;1H3,(H,3,4);/q;;+1/p-1. The molecule has 0 unspecified atom stereocenters. The van der Waals surface area contributed by atoms with Crippen LogP contribution in [0.2, 0.25) is 0 Å². The Labute approximate surface area is 157 Å². The zero-order valence-corrected chi connectivity index (χ0v) is 15.2. The Hall–Kier alpha value is -1.87. The molecule has 0 N–H and O–H groups in total. The summed E-state index contributed by atoms with van der Waals surface area (Å²) in [6.07, 6.45) is 0. The van der Waals surface area contributed by atoms with Gasteiger partial charge in [0.25, 0.3) is 0 Å². The molecular formula is C20H15NaO2. The van der Waals surface area contributed by atoms with Gasteiger partial charge in [0.2, 0.25) is 0 Å². The van der Waals surface area contributed by atoms with Crippen molar-refractivity contribution in [1.82, 2.24) is 0 Å². The molecule has 0 bridgehead atoms. The maximum absolute atomic E-state index is 8.89. The summed E-state index contributed by atoms with van der Waals surface area (Å²) in [5, 5.41) is 16.7. The van der Waals surface area contributed by atoms with Gasteiger partial charge in [-0.25, -0.2) is 0 Å². The largest absolute Gasteiger partial charge is 1.00 e. The predicted molar refractivity (Wildman–Crippen MR) is 89.6 cm³/mol. The van der Waals surface area contributed by atoms with Crippen molar-refractivity contribution in [2.45, 2.75) is 6.92 Å². The molecular weight excluding hydrogens is 295 g/mol. The van der Waals surface area contributed by atoms with E-state index in [1.165, 1.54) is 32.3 Å². The van der Waals surface area contributed by atoms with Gasteiger partial charge < -0.3 is 9.90 Å². The van der Waals surface area contributed by atoms with Gasteiger partial charge in [-0.15, -0.1) is 0 Å². The first-order chi connectivity index (χ1) is 10.6. The third kappa shape index (κ3) is 4.11. The van der Waals surface area contributed by atoms with Gasteiger partial charge in [0.15, 0.2) is 0 Å². The zero-order chi connectivity index (χ0) is 15.5. The number of aliphatic carboxylic acids is 1. The van der Waals surface area contributed by atoms with Crippen LogP contribution in [0.5, 0.6) is 0 Å². The van der Waals surface area contributed by atoms with Crippen LogP contribution in [0.25, 0.3) is 32.3 Å². The van der Waals surface area contributed by atoms with Gasteiger partial charge >= 0.3 is 29.6 Å². The van der Waals surface area contributed by atoms with Gasteiger partial charge in [0.1, 0.15) is 0 Å². The average Bonchev–Trinajstić information content (AvgIpc) is 2.50. The molecule has 0 saturated heterocycles. The van der Waals surface area contributed by atoms with E-state index in [9.17, 15) is 0 Å². The zero-order valence-electron chi connectivity index (χ0n) is 13.2. The third-order valence-electron chi connectivity index (χ3n) is 3.57. The minimum Gasteiger partial charge on any atom is -0.550 e. The molecule has 4 aromatic rings. The summed E-state index contributed by atoms with van der Waals surface area (Å²) in [4.78, 5) is 8.89. The van der Waals surface area contributed by atoms with E-state index in [1.54, 1.807) is 0 Å². The average molecular weight is 310 g/mol. The summed E-state index contributed by atoms with van der Waals surface area (Å²) in [6, 6.07) is 26.2. The Morgan fingerprint density at radius 3 is 1.09 bits per heavy atom. The smallest absolute Gasteiger partial charge is 0.550 e. The molecule has 3 heteroatoms. The van der Waals surface area contributed by atoms with Crippen LogP contribution in [0.4, 0.5) is 0 Å². The molecule has 2 nitrogen and oxygen atoms in total. The Kier molecular flexibility index (Phi) is 5.78. The van der Waals surface area contributed by atoms with Crippen LogP contribution >= 0.6 is 0 Å². The van der Waals surface area contributed by atoms with E-state index in [2.05, 4.69) is 72.8 Å². The van der Waals surface area contributed by atoms with E-state index in [1.807, 2.05) is 0 Å². The second-order valence-corrected chi connectivity index (χ2v) is 5.24. The van der Waals surface area contributed by atoms with Gasteiger partial charge in [0.05, 0.1) is 0 Å². The van der Waals surface area contributed by atoms with Crippen LogP contribution in [0.15, 0.2) is 72.8 Å². The second-order valence-electron chi connectivity index (χ2n) is 5.24. The molecule has 4 aromatic carbocycles. The molecule has 0 spiro atoms. The molecule has 0 aromatic heterocycles. The molecule has 0 heterocycles. The maximum Gasteiger partial charge on any atom is 1.00 e. The first-order valence-corrected chi connectivity index (χ1v) is 7.12. The van der Waals surface area contributed by atoms with Crippen molar-refractivity contribution >= 4 is 38.3 Å². The van der Waals surface area contributed by atoms with E-state index < -0.39 is 5.97 Å². The van der Waals surface area contributed by atoms with Crippen LogP contribution in [0.1, 0.15) is 6.92 Å². The van der Waals surface area contributed by atoms with Gasteiger partial charge in [-0.1, -0.05) is 48.5 Å². The molecule has 108 valence electrons. The van der Waals surface area contributed by atoms with Gasteiger partial charge in [-0.05, 0) is 63.5 Å². The van der Waals surface area contributed by atoms with Crippen molar-refractivity contribution in [3.63, 3.8) is 0 Å². The van der Waals surface area contributed by atoms with Crippen molar-refractivity contribution in [1.29, 1.82) is 0 Å². The molecule has 0 aliphatic rings. The quantitative estimate of drug-likeness (QED) is 0.358. The summed E-state index contributed by atoms with van der Waals surface area (Å²) in [5.74, 6) is -1.08. The number of hydrogen-bond acceptors (Lipinski definition) is 2. The first-order valence-electron chi connectivity index (χ1n) is 7.12. The van der Waals surface area contributed by atoms with Crippen molar-refractivity contribution in [3.8, 4) is 0 Å². The van der Waals surface area contributed by atoms with Crippen LogP contribution < -0.4 is 34.7 Å². The molecule has 0 atom stereocenters. The number of carboxylic acids is 1. The molecule has 4 rings (SSSR count). The number of rotatable bonds is 0. The molecule has 0 saturated carbocycles. The van der Waals surface area contributed by atoms with E-state index in [0.29, 0.717) is 0 Å². The van der Waals surface area contributed by atoms with Gasteiger partial charge in [-0.2, -0.15) is 0 Å². The number of hydrogen-bond donors (Lipinski definition) is 0. The third-order valence-corrected chi connectivity index (χ3v) is 3.57. The summed E-state index contributed by atoms with van der Waals surface area (Å²) in [5.41, 5.74) is 0. The second kappa shape index (κ2) is 7.60. The number of carboxylic acid groups (broad SMARTS) is 1. The summed E-state index contributed by atoms with van der Waals surface area (Å²) in [7, 11) is 0. The van der Waals surface area contributed by atoms with Crippen LogP contribution in [0, 0.1) is 0 Å². The monoisotopic (exact) mass is 310 g/mol. The Morgan fingerprint density at radius 1 is 0.652 bits per heavy atom. The molecule has 0 fully saturated rings. The Bertz CT molecular complexity index is 829. The van der Waals surface area contributed by atoms with Crippen molar-refractivity contribution in [2.75, 3.05) is 0 Å². The van der Waals surface area contributed by atoms with Crippen LogP contribution in [0.3, 0.4) is 0 Å². The number of carbonyl (C=O) groups excluding carboxylic acids is 1. The van der Waals surface area contributed by atoms with E-state index in [4.69, 9.17) is 9.90 Å². The van der Waals surface area contributed by atoms with Crippen molar-refractivity contribution < 1.29 is 39.5 Å². The number of benzene rings is 4. The molecule has 0 amide bonds. The Morgan fingerprint density at radius 2 is 0.870 bits per heavy atom. The van der Waals surface area contributed by atoms with Crippen LogP contribution in [-0.4, -0.2) is 5.97 Å². The summed E-state index contributed by atoms with van der Waals surface area (Å²) >= 11 is 0. The normalized spacial score (nSPS) is 9.96. The fourth-order valence-electron chi connectivity index (χ4n) is 2.63. The maximum atomic E-state index is 8.89. The minimum atomic E-state index is -1.08. The molecule has 0 radical (unpaired) electrons. The molecule has 0 aliphatic heterocycles.